The van der Waals surface area contributed by atoms with Gasteiger partial charge in [-0.3, -0.25) is 0 Å². The van der Waals surface area contributed by atoms with Gasteiger partial charge in [0.2, 0.25) is 0 Å². The van der Waals surface area contributed by atoms with Crippen molar-refractivity contribution in [3.8, 4) is 5.75 Å². The highest BCUT2D eigenvalue weighted by Crippen LogP contribution is 2.17. The van der Waals surface area contributed by atoms with E-state index in [2.05, 4.69) is 25.8 Å². The van der Waals surface area contributed by atoms with Crippen molar-refractivity contribution in [3.63, 3.8) is 0 Å². The molecule has 1 heterocycles. The van der Waals surface area contributed by atoms with Gasteiger partial charge in [0.25, 0.3) is 0 Å². The summed E-state index contributed by atoms with van der Waals surface area (Å²) >= 11 is 0. The van der Waals surface area contributed by atoms with Crippen LogP contribution in [0.15, 0.2) is 23.2 Å². The topological polar surface area (TPSA) is 85.6 Å². The standard InChI is InChI=1S/C18H26F2N6O2/c1-13-24-25-17(26(13)2)12-23-18(21-7-4-9-27-3)22-8-10-28-16-6-5-14(19)11-15(16)20/h5-6,11H,4,7-10,12H2,1-3H3,(H2,21,22,23). The molecule has 8 nitrogen and oxygen atoms in total. The van der Waals surface area contributed by atoms with Crippen LogP contribution >= 0.6 is 0 Å². The number of rotatable bonds is 10. The van der Waals surface area contributed by atoms with Gasteiger partial charge < -0.3 is 24.7 Å². The maximum absolute atomic E-state index is 13.6. The van der Waals surface area contributed by atoms with Crippen LogP contribution in [0.25, 0.3) is 0 Å². The number of halogens is 2. The van der Waals surface area contributed by atoms with E-state index in [1.54, 1.807) is 7.11 Å². The average Bonchev–Trinajstić information content (AvgIpc) is 2.99. The molecule has 0 spiro atoms. The van der Waals surface area contributed by atoms with Crippen LogP contribution in [0.2, 0.25) is 0 Å². The number of aromatic nitrogens is 3. The van der Waals surface area contributed by atoms with Crippen molar-refractivity contribution in [1.82, 2.24) is 25.4 Å². The van der Waals surface area contributed by atoms with Crippen LogP contribution in [0, 0.1) is 18.6 Å². The lowest BCUT2D eigenvalue weighted by Crippen LogP contribution is -2.40. The summed E-state index contributed by atoms with van der Waals surface area (Å²) in [7, 11) is 3.53. The van der Waals surface area contributed by atoms with E-state index in [1.807, 2.05) is 18.5 Å². The molecule has 0 saturated heterocycles. The van der Waals surface area contributed by atoms with Gasteiger partial charge in [0.05, 0.1) is 6.54 Å². The zero-order chi connectivity index (χ0) is 20.4. The van der Waals surface area contributed by atoms with Crippen LogP contribution in [0.5, 0.6) is 5.75 Å². The van der Waals surface area contributed by atoms with Gasteiger partial charge in [-0.2, -0.15) is 0 Å². The molecule has 0 radical (unpaired) electrons. The van der Waals surface area contributed by atoms with Crippen LogP contribution in [0.3, 0.4) is 0 Å². The zero-order valence-electron chi connectivity index (χ0n) is 16.3. The second kappa shape index (κ2) is 11.2. The highest BCUT2D eigenvalue weighted by molar-refractivity contribution is 5.79. The molecule has 0 saturated carbocycles. The van der Waals surface area contributed by atoms with Crippen LogP contribution < -0.4 is 15.4 Å². The Morgan fingerprint density at radius 3 is 2.64 bits per heavy atom. The summed E-state index contributed by atoms with van der Waals surface area (Å²) < 4.78 is 38.7. The number of aryl methyl sites for hydroxylation is 1. The molecule has 0 bridgehead atoms. The molecule has 0 unspecified atom stereocenters. The second-order valence-corrected chi connectivity index (χ2v) is 6.01. The monoisotopic (exact) mass is 396 g/mol. The van der Waals surface area contributed by atoms with Gasteiger partial charge in [0.1, 0.15) is 24.8 Å². The molecule has 2 rings (SSSR count). The number of ether oxygens (including phenoxy) is 2. The van der Waals surface area contributed by atoms with E-state index < -0.39 is 11.6 Å². The van der Waals surface area contributed by atoms with Gasteiger partial charge in [0, 0.05) is 33.4 Å². The molecular formula is C18H26F2N6O2. The minimum Gasteiger partial charge on any atom is -0.489 e. The van der Waals surface area contributed by atoms with Crippen molar-refractivity contribution in [2.75, 3.05) is 33.4 Å². The number of benzene rings is 1. The lowest BCUT2D eigenvalue weighted by atomic mass is 10.3. The Labute approximate surface area is 163 Å². The first-order valence-corrected chi connectivity index (χ1v) is 8.95. The normalized spacial score (nSPS) is 11.5. The smallest absolute Gasteiger partial charge is 0.191 e. The van der Waals surface area contributed by atoms with Crippen LogP contribution in [0.4, 0.5) is 8.78 Å². The van der Waals surface area contributed by atoms with E-state index in [0.29, 0.717) is 32.2 Å². The zero-order valence-corrected chi connectivity index (χ0v) is 16.3. The molecule has 1 aromatic heterocycles. The third-order valence-corrected chi connectivity index (χ3v) is 3.93. The second-order valence-electron chi connectivity index (χ2n) is 6.01. The molecule has 0 atom stereocenters. The Kier molecular flexibility index (Phi) is 8.60. The van der Waals surface area contributed by atoms with Gasteiger partial charge in [-0.15, -0.1) is 10.2 Å². The number of aliphatic imine (C=N–C) groups is 1. The highest BCUT2D eigenvalue weighted by atomic mass is 19.1. The Morgan fingerprint density at radius 2 is 1.96 bits per heavy atom. The molecule has 1 aromatic carbocycles. The number of methoxy groups -OCH3 is 1. The maximum atomic E-state index is 13.6. The summed E-state index contributed by atoms with van der Waals surface area (Å²) in [5.74, 6) is 0.743. The number of nitrogens with zero attached hydrogens (tertiary/aromatic N) is 4. The number of hydrogen-bond donors (Lipinski definition) is 2. The van der Waals surface area contributed by atoms with Crippen LogP contribution in [0.1, 0.15) is 18.1 Å². The molecule has 0 aliphatic heterocycles. The van der Waals surface area contributed by atoms with Gasteiger partial charge >= 0.3 is 0 Å². The largest absolute Gasteiger partial charge is 0.489 e. The van der Waals surface area contributed by atoms with Crippen molar-refractivity contribution in [3.05, 3.63) is 41.5 Å². The van der Waals surface area contributed by atoms with Crippen molar-refractivity contribution in [2.45, 2.75) is 19.9 Å². The highest BCUT2D eigenvalue weighted by Gasteiger charge is 2.07. The van der Waals surface area contributed by atoms with Gasteiger partial charge in [-0.1, -0.05) is 0 Å². The fraction of sp³-hybridized carbons (Fsp3) is 0.500. The predicted octanol–water partition coefficient (Wildman–Crippen LogP) is 1.55. The Hall–Kier alpha value is -2.75. The van der Waals surface area contributed by atoms with Crippen LogP contribution in [-0.2, 0) is 18.3 Å². The van der Waals surface area contributed by atoms with Gasteiger partial charge in [-0.25, -0.2) is 13.8 Å². The van der Waals surface area contributed by atoms with E-state index in [-0.39, 0.29) is 12.4 Å². The Balaban J connectivity index is 1.87. The molecule has 10 heteroatoms. The first kappa shape index (κ1) is 21.5. The Morgan fingerprint density at radius 1 is 1.18 bits per heavy atom. The van der Waals surface area contributed by atoms with Crippen molar-refractivity contribution < 1.29 is 18.3 Å². The summed E-state index contributed by atoms with van der Waals surface area (Å²) in [6.45, 7) is 4.09. The molecule has 154 valence electrons. The van der Waals surface area contributed by atoms with Crippen molar-refractivity contribution >= 4 is 5.96 Å². The van der Waals surface area contributed by atoms with E-state index in [4.69, 9.17) is 9.47 Å². The summed E-state index contributed by atoms with van der Waals surface area (Å²) in [6.07, 6.45) is 0.817. The Bertz CT molecular complexity index is 781. The summed E-state index contributed by atoms with van der Waals surface area (Å²) in [6, 6.07) is 3.20. The molecule has 0 aliphatic rings. The number of hydrogen-bond acceptors (Lipinski definition) is 5. The van der Waals surface area contributed by atoms with Crippen molar-refractivity contribution in [1.29, 1.82) is 0 Å². The first-order valence-electron chi connectivity index (χ1n) is 8.95. The fourth-order valence-corrected chi connectivity index (χ4v) is 2.26. The lowest BCUT2D eigenvalue weighted by Gasteiger charge is -2.13. The van der Waals surface area contributed by atoms with E-state index in [0.717, 1.165) is 30.2 Å². The SMILES string of the molecule is COCCCNC(=NCc1nnc(C)n1C)NCCOc1ccc(F)cc1F. The summed E-state index contributed by atoms with van der Waals surface area (Å²) in [5, 5.41) is 14.4. The molecule has 2 N–H and O–H groups in total. The minimum atomic E-state index is -0.732. The van der Waals surface area contributed by atoms with E-state index >= 15 is 0 Å². The summed E-state index contributed by atoms with van der Waals surface area (Å²) in [5.41, 5.74) is 0. The van der Waals surface area contributed by atoms with Crippen molar-refractivity contribution in [2.24, 2.45) is 12.0 Å². The minimum absolute atomic E-state index is 0.00398. The lowest BCUT2D eigenvalue weighted by molar-refractivity contribution is 0.195. The molecule has 2 aromatic rings. The number of guanidine groups is 1. The molecule has 0 fully saturated rings. The third-order valence-electron chi connectivity index (χ3n) is 3.93. The predicted molar refractivity (Wildman–Crippen MR) is 101 cm³/mol. The molecule has 0 aliphatic carbocycles. The van der Waals surface area contributed by atoms with Gasteiger partial charge in [-0.05, 0) is 25.5 Å². The molecule has 0 amide bonds. The maximum Gasteiger partial charge on any atom is 0.191 e. The van der Waals surface area contributed by atoms with Gasteiger partial charge in [0.15, 0.2) is 23.4 Å². The quantitative estimate of drug-likeness (QED) is 0.360. The molecular weight excluding hydrogens is 370 g/mol. The third kappa shape index (κ3) is 6.76. The van der Waals surface area contributed by atoms with Crippen LogP contribution in [-0.4, -0.2) is 54.1 Å². The van der Waals surface area contributed by atoms with E-state index in [1.165, 1.54) is 6.07 Å². The molecule has 28 heavy (non-hydrogen) atoms. The first-order chi connectivity index (χ1) is 13.5. The summed E-state index contributed by atoms with van der Waals surface area (Å²) in [4.78, 5) is 4.49. The number of nitrogens with one attached hydrogen (secondary N) is 2. The average molecular weight is 396 g/mol. The fourth-order valence-electron chi connectivity index (χ4n) is 2.26. The van der Waals surface area contributed by atoms with E-state index in [9.17, 15) is 8.78 Å².